The molecular formula is C21H24FN10O11P2+. The molecule has 240 valence electrons. The first kappa shape index (κ1) is 30.1. The van der Waals surface area contributed by atoms with Gasteiger partial charge in [0.2, 0.25) is 5.95 Å². The molecule has 0 aromatic carbocycles. The highest BCUT2D eigenvalue weighted by atomic mass is 31.2. The van der Waals surface area contributed by atoms with Crippen LogP contribution in [0.5, 0.6) is 0 Å². The molecule has 4 aromatic heterocycles. The highest BCUT2D eigenvalue weighted by Crippen LogP contribution is 2.52. The molecule has 6 N–H and O–H groups in total. The van der Waals surface area contributed by atoms with Crippen molar-refractivity contribution in [3.63, 3.8) is 0 Å². The van der Waals surface area contributed by atoms with Crippen LogP contribution in [0.2, 0.25) is 0 Å². The van der Waals surface area contributed by atoms with Gasteiger partial charge in [-0.1, -0.05) is 0 Å². The molecule has 10 unspecified atom stereocenters. The van der Waals surface area contributed by atoms with Gasteiger partial charge < -0.3 is 30.6 Å². The molecule has 7 heterocycles. The molecule has 45 heavy (non-hydrogen) atoms. The van der Waals surface area contributed by atoms with E-state index in [1.54, 1.807) is 0 Å². The minimum absolute atomic E-state index is 0.0308. The third-order valence-corrected chi connectivity index (χ3v) is 9.18. The normalized spacial score (nSPS) is 35.2. The number of alkyl halides is 1. The summed E-state index contributed by atoms with van der Waals surface area (Å²) in [6, 6.07) is 0. The summed E-state index contributed by atoms with van der Waals surface area (Å²) in [5.41, 5.74) is 11.1. The van der Waals surface area contributed by atoms with Crippen LogP contribution in [0.15, 0.2) is 23.8 Å². The number of phosphoric ester groups is 1. The topological polar surface area (TPSA) is 278 Å². The number of imidazole rings is 2. The Balaban J connectivity index is 1.20. The molecule has 3 aliphatic rings. The number of H-pyrrole nitrogens is 1. The van der Waals surface area contributed by atoms with E-state index in [9.17, 15) is 18.8 Å². The van der Waals surface area contributed by atoms with Gasteiger partial charge in [0.1, 0.15) is 42.9 Å². The number of aromatic nitrogens is 8. The summed E-state index contributed by atoms with van der Waals surface area (Å²) in [4.78, 5) is 45.6. The van der Waals surface area contributed by atoms with Gasteiger partial charge in [-0.2, -0.15) is 4.98 Å². The molecule has 21 nitrogen and oxygen atoms in total. The van der Waals surface area contributed by atoms with Crippen LogP contribution in [0.3, 0.4) is 0 Å². The molecule has 3 saturated heterocycles. The zero-order valence-corrected chi connectivity index (χ0v) is 24.6. The number of aromatic amines is 1. The third-order valence-electron chi connectivity index (χ3n) is 7.42. The Kier molecular flexibility index (Phi) is 7.60. The molecule has 0 saturated carbocycles. The first-order valence-electron chi connectivity index (χ1n) is 13.1. The van der Waals surface area contributed by atoms with Gasteiger partial charge in [0.25, 0.3) is 5.56 Å². The van der Waals surface area contributed by atoms with Crippen molar-refractivity contribution in [3.8, 4) is 0 Å². The summed E-state index contributed by atoms with van der Waals surface area (Å²) in [5, 5.41) is 0. The van der Waals surface area contributed by atoms with E-state index in [2.05, 4.69) is 29.9 Å². The molecular weight excluding hydrogens is 649 g/mol. The van der Waals surface area contributed by atoms with Gasteiger partial charge in [0, 0.05) is 11.7 Å². The largest absolute Gasteiger partial charge is 0.697 e. The van der Waals surface area contributed by atoms with E-state index in [1.165, 1.54) is 28.9 Å². The molecule has 0 radical (unpaired) electrons. The number of rotatable bonds is 3. The summed E-state index contributed by atoms with van der Waals surface area (Å²) in [6.07, 6.45) is -7.83. The molecule has 0 aliphatic carbocycles. The third kappa shape index (κ3) is 5.27. The van der Waals surface area contributed by atoms with Crippen molar-refractivity contribution in [1.29, 1.82) is 0 Å². The van der Waals surface area contributed by atoms with Gasteiger partial charge in [-0.05, 0) is 0 Å². The van der Waals surface area contributed by atoms with Gasteiger partial charge in [-0.15, -0.1) is 9.05 Å². The van der Waals surface area contributed by atoms with Crippen LogP contribution in [-0.4, -0.2) is 101 Å². The standard InChI is InChI=1S/C21H23FN10O11P2/c1-37-13-7-2-38-44(34)42-12-8(40-19(9(12)22)31-5-27-10-15(23)25-4-26-16(10)31)3-39-45(35,36)43-14(13)20(41-7)32-6-28-11-17(32)29-21(24)30-18(11)33/h4-9,12-14,19-20H,2-3H2,1H3,(H5-,23,24,25,26,29,30,33,35,36)/p+1. The van der Waals surface area contributed by atoms with Crippen molar-refractivity contribution >= 4 is 50.2 Å². The van der Waals surface area contributed by atoms with Crippen molar-refractivity contribution in [2.24, 2.45) is 0 Å². The minimum atomic E-state index is -5.01. The lowest BCUT2D eigenvalue weighted by molar-refractivity contribution is -0.0625. The van der Waals surface area contributed by atoms with Crippen LogP contribution in [0.4, 0.5) is 16.2 Å². The number of nitrogens with one attached hydrogen (secondary N) is 1. The lowest BCUT2D eigenvalue weighted by Crippen LogP contribution is -2.37. The van der Waals surface area contributed by atoms with Crippen LogP contribution in [-0.2, 0) is 41.4 Å². The van der Waals surface area contributed by atoms with E-state index in [4.69, 9.17) is 43.8 Å². The van der Waals surface area contributed by atoms with Crippen molar-refractivity contribution < 1.29 is 50.7 Å². The summed E-state index contributed by atoms with van der Waals surface area (Å²) in [5.74, 6) is -0.182. The number of nitrogens with zero attached hydrogens (tertiary/aromatic N) is 7. The highest BCUT2D eigenvalue weighted by molar-refractivity contribution is 7.47. The number of methoxy groups -OCH3 is 1. The quantitative estimate of drug-likeness (QED) is 0.206. The van der Waals surface area contributed by atoms with Crippen LogP contribution in [0.25, 0.3) is 22.3 Å². The van der Waals surface area contributed by atoms with Crippen LogP contribution < -0.4 is 17.0 Å². The fraction of sp³-hybridized carbons (Fsp3) is 0.524. The average Bonchev–Trinajstić information content (AvgIpc) is 3.75. The Bertz CT molecular complexity index is 1890. The molecule has 3 fully saturated rings. The Hall–Kier alpha value is -3.56. The number of nitrogens with two attached hydrogens (primary N) is 2. The van der Waals surface area contributed by atoms with Gasteiger partial charge >= 0.3 is 16.1 Å². The summed E-state index contributed by atoms with van der Waals surface area (Å²) in [7, 11) is -6.76. The average molecular weight is 673 g/mol. The van der Waals surface area contributed by atoms with Crippen molar-refractivity contribution in [1.82, 2.24) is 39.0 Å². The Morgan fingerprint density at radius 1 is 1.07 bits per heavy atom. The number of phosphoric acid groups is 1. The molecule has 10 atom stereocenters. The van der Waals surface area contributed by atoms with Gasteiger partial charge in [0.05, 0.1) is 19.3 Å². The number of ether oxygens (including phenoxy) is 3. The second-order valence-electron chi connectivity index (χ2n) is 10.1. The zero-order valence-electron chi connectivity index (χ0n) is 22.9. The SMILES string of the molecule is COC1C2CO[P+](=O)OC3C(COP(=O)(O)OC1C(n1cnc4c(=O)[nH]c(N)nc41)O2)OC(n1cnc2c(N)ncnc21)C3F. The molecule has 2 bridgehead atoms. The molecule has 0 spiro atoms. The minimum Gasteiger partial charge on any atom is -0.382 e. The molecule has 4 aromatic rings. The first-order valence-corrected chi connectivity index (χ1v) is 15.7. The van der Waals surface area contributed by atoms with E-state index in [1.807, 2.05) is 0 Å². The summed E-state index contributed by atoms with van der Waals surface area (Å²) >= 11 is 0. The molecule has 3 aliphatic heterocycles. The van der Waals surface area contributed by atoms with Gasteiger partial charge in [0.15, 0.2) is 47.4 Å². The zero-order chi connectivity index (χ0) is 31.6. The smallest absolute Gasteiger partial charge is 0.382 e. The second-order valence-corrected chi connectivity index (χ2v) is 12.4. The number of hydrogen-bond acceptors (Lipinski definition) is 17. The number of anilines is 2. The van der Waals surface area contributed by atoms with Crippen molar-refractivity contribution in [2.75, 3.05) is 31.8 Å². The van der Waals surface area contributed by atoms with Crippen LogP contribution in [0.1, 0.15) is 12.5 Å². The molecule has 7 rings (SSSR count). The van der Waals surface area contributed by atoms with E-state index < -0.39 is 84.0 Å². The van der Waals surface area contributed by atoms with Crippen molar-refractivity contribution in [3.05, 3.63) is 29.3 Å². The highest BCUT2D eigenvalue weighted by Gasteiger charge is 2.56. The fourth-order valence-electron chi connectivity index (χ4n) is 5.44. The number of nitrogen functional groups attached to an aromatic ring is 2. The van der Waals surface area contributed by atoms with Crippen molar-refractivity contribution in [2.45, 2.75) is 49.1 Å². The molecule has 24 heteroatoms. The van der Waals surface area contributed by atoms with E-state index in [0.29, 0.717) is 0 Å². The predicted molar refractivity (Wildman–Crippen MR) is 145 cm³/mol. The van der Waals surface area contributed by atoms with Crippen LogP contribution >= 0.6 is 16.1 Å². The summed E-state index contributed by atoms with van der Waals surface area (Å²) in [6.45, 7) is -1.23. The second kappa shape index (κ2) is 11.4. The van der Waals surface area contributed by atoms with E-state index in [-0.39, 0.29) is 34.1 Å². The number of fused-ring (bicyclic) bond motifs is 5. The van der Waals surface area contributed by atoms with E-state index in [0.717, 1.165) is 6.33 Å². The lowest BCUT2D eigenvalue weighted by atomic mass is 10.1. The Labute approximate surface area is 250 Å². The maximum absolute atomic E-state index is 15.9. The van der Waals surface area contributed by atoms with Crippen LogP contribution in [0, 0.1) is 0 Å². The molecule has 0 amide bonds. The summed E-state index contributed by atoms with van der Waals surface area (Å²) < 4.78 is 83.6. The Morgan fingerprint density at radius 2 is 1.80 bits per heavy atom. The Morgan fingerprint density at radius 3 is 2.58 bits per heavy atom. The first-order chi connectivity index (χ1) is 21.5. The number of halogens is 1. The van der Waals surface area contributed by atoms with Gasteiger partial charge in [-0.25, -0.2) is 28.9 Å². The van der Waals surface area contributed by atoms with E-state index >= 15 is 4.39 Å². The number of hydrogen-bond donors (Lipinski definition) is 4. The lowest BCUT2D eigenvalue weighted by Gasteiger charge is -2.26. The maximum atomic E-state index is 15.9. The monoisotopic (exact) mass is 673 g/mol. The maximum Gasteiger partial charge on any atom is 0.697 e. The predicted octanol–water partition coefficient (Wildman–Crippen LogP) is -0.153. The fourth-order valence-corrected chi connectivity index (χ4v) is 7.15. The van der Waals surface area contributed by atoms with Gasteiger partial charge in [-0.3, -0.25) is 28.0 Å².